The van der Waals surface area contributed by atoms with Crippen molar-refractivity contribution in [3.05, 3.63) is 16.1 Å². The summed E-state index contributed by atoms with van der Waals surface area (Å²) in [7, 11) is 2.03. The first kappa shape index (κ1) is 14.0. The van der Waals surface area contributed by atoms with Crippen LogP contribution in [0.2, 0.25) is 0 Å². The molecule has 1 heterocycles. The normalized spacial score (nSPS) is 13.3. The van der Waals surface area contributed by atoms with Crippen molar-refractivity contribution in [2.24, 2.45) is 0 Å². The predicted molar refractivity (Wildman–Crippen MR) is 75.6 cm³/mol. The lowest BCUT2D eigenvalue weighted by Gasteiger charge is -2.12. The zero-order valence-corrected chi connectivity index (χ0v) is 12.3. The Bertz CT molecular complexity index is 297. The van der Waals surface area contributed by atoms with Crippen LogP contribution in [-0.4, -0.2) is 23.5 Å². The largest absolute Gasteiger partial charge is 0.311 e. The number of hydrogen-bond donors (Lipinski definition) is 1. The fourth-order valence-electron chi connectivity index (χ4n) is 1.46. The van der Waals surface area contributed by atoms with Crippen molar-refractivity contribution < 1.29 is 0 Å². The lowest BCUT2D eigenvalue weighted by Crippen LogP contribution is -2.17. The Kier molecular flexibility index (Phi) is 6.39. The molecular formula is C12H22N2S2. The molecule has 0 aliphatic rings. The lowest BCUT2D eigenvalue weighted by molar-refractivity contribution is 0.575. The van der Waals surface area contributed by atoms with Gasteiger partial charge in [0.1, 0.15) is 5.01 Å². The number of hydrogen-bond acceptors (Lipinski definition) is 4. The van der Waals surface area contributed by atoms with E-state index >= 15 is 0 Å². The van der Waals surface area contributed by atoms with Gasteiger partial charge in [-0.2, -0.15) is 11.8 Å². The van der Waals surface area contributed by atoms with Crippen LogP contribution in [0, 0.1) is 0 Å². The second kappa shape index (κ2) is 7.30. The molecule has 1 aromatic rings. The molecule has 0 fully saturated rings. The van der Waals surface area contributed by atoms with Gasteiger partial charge in [0.05, 0.1) is 11.7 Å². The molecule has 0 aliphatic carbocycles. The Morgan fingerprint density at radius 2 is 2.25 bits per heavy atom. The van der Waals surface area contributed by atoms with Gasteiger partial charge in [-0.25, -0.2) is 4.98 Å². The molecule has 0 radical (unpaired) electrons. The second-order valence-corrected chi connectivity index (χ2v) is 6.38. The van der Waals surface area contributed by atoms with Gasteiger partial charge in [-0.1, -0.05) is 20.8 Å². The molecule has 1 rings (SSSR count). The topological polar surface area (TPSA) is 24.9 Å². The molecule has 1 aromatic heterocycles. The Hall–Kier alpha value is -0.0600. The number of thioether (sulfide) groups is 1. The number of rotatable bonds is 7. The zero-order valence-electron chi connectivity index (χ0n) is 10.6. The molecule has 0 aromatic carbocycles. The maximum atomic E-state index is 4.71. The van der Waals surface area contributed by atoms with Gasteiger partial charge in [0.2, 0.25) is 0 Å². The maximum absolute atomic E-state index is 4.71. The smallest absolute Gasteiger partial charge is 0.110 e. The van der Waals surface area contributed by atoms with E-state index < -0.39 is 0 Å². The van der Waals surface area contributed by atoms with Crippen LogP contribution in [0.3, 0.4) is 0 Å². The van der Waals surface area contributed by atoms with Gasteiger partial charge in [0, 0.05) is 5.38 Å². The molecule has 0 spiro atoms. The summed E-state index contributed by atoms with van der Waals surface area (Å²) in [6.07, 6.45) is 1.17. The zero-order chi connectivity index (χ0) is 12.0. The lowest BCUT2D eigenvalue weighted by atomic mass is 10.1. The molecule has 2 nitrogen and oxygen atoms in total. The standard InChI is InChI=1S/C12H22N2S2/c1-5-15-7-6-10(13-4)12-14-11(8-16-12)9(2)3/h8-10,13H,5-7H2,1-4H3. The van der Waals surface area contributed by atoms with Crippen molar-refractivity contribution in [1.29, 1.82) is 0 Å². The predicted octanol–water partition coefficient (Wildman–Crippen LogP) is 3.67. The van der Waals surface area contributed by atoms with Gasteiger partial charge in [0.25, 0.3) is 0 Å². The third kappa shape index (κ3) is 4.07. The van der Waals surface area contributed by atoms with E-state index in [9.17, 15) is 0 Å². The highest BCUT2D eigenvalue weighted by atomic mass is 32.2. The molecule has 1 atom stereocenters. The Balaban J connectivity index is 2.56. The number of thiazole rings is 1. The third-order valence-corrected chi connectivity index (χ3v) is 4.44. The summed E-state index contributed by atoms with van der Waals surface area (Å²) in [5, 5.41) is 6.79. The molecule has 0 saturated carbocycles. The van der Waals surface area contributed by atoms with Crippen LogP contribution < -0.4 is 5.32 Å². The minimum absolute atomic E-state index is 0.427. The van der Waals surface area contributed by atoms with Crippen LogP contribution >= 0.6 is 23.1 Å². The highest BCUT2D eigenvalue weighted by Crippen LogP contribution is 2.25. The summed E-state index contributed by atoms with van der Waals surface area (Å²) in [5.41, 5.74) is 1.23. The van der Waals surface area contributed by atoms with Crippen LogP contribution in [0.5, 0.6) is 0 Å². The summed E-state index contributed by atoms with van der Waals surface area (Å²) in [4.78, 5) is 4.71. The third-order valence-electron chi connectivity index (χ3n) is 2.53. The summed E-state index contributed by atoms with van der Waals surface area (Å²) in [6, 6.07) is 0.427. The first-order valence-electron chi connectivity index (χ1n) is 5.89. The van der Waals surface area contributed by atoms with E-state index in [1.54, 1.807) is 11.3 Å². The Morgan fingerprint density at radius 1 is 1.50 bits per heavy atom. The van der Waals surface area contributed by atoms with E-state index in [4.69, 9.17) is 4.98 Å². The molecule has 16 heavy (non-hydrogen) atoms. The van der Waals surface area contributed by atoms with E-state index in [2.05, 4.69) is 31.5 Å². The molecule has 92 valence electrons. The van der Waals surface area contributed by atoms with Gasteiger partial charge in [-0.15, -0.1) is 11.3 Å². The molecule has 0 aliphatic heterocycles. The highest BCUT2D eigenvalue weighted by molar-refractivity contribution is 7.99. The van der Waals surface area contributed by atoms with Gasteiger partial charge < -0.3 is 5.32 Å². The van der Waals surface area contributed by atoms with Crippen LogP contribution in [0.1, 0.15) is 49.9 Å². The maximum Gasteiger partial charge on any atom is 0.110 e. The summed E-state index contributed by atoms with van der Waals surface area (Å²) < 4.78 is 0. The quantitative estimate of drug-likeness (QED) is 0.755. The fraction of sp³-hybridized carbons (Fsp3) is 0.750. The van der Waals surface area contributed by atoms with E-state index in [1.807, 2.05) is 18.8 Å². The van der Waals surface area contributed by atoms with Crippen molar-refractivity contribution in [2.75, 3.05) is 18.6 Å². The molecule has 0 bridgehead atoms. The van der Waals surface area contributed by atoms with Crippen molar-refractivity contribution in [1.82, 2.24) is 10.3 Å². The van der Waals surface area contributed by atoms with Crippen LogP contribution in [0.15, 0.2) is 5.38 Å². The molecule has 1 unspecified atom stereocenters. The van der Waals surface area contributed by atoms with E-state index in [0.29, 0.717) is 12.0 Å². The molecule has 0 saturated heterocycles. The van der Waals surface area contributed by atoms with Crippen LogP contribution in [-0.2, 0) is 0 Å². The average molecular weight is 258 g/mol. The van der Waals surface area contributed by atoms with Crippen molar-refractivity contribution >= 4 is 23.1 Å². The minimum atomic E-state index is 0.427. The fourth-order valence-corrected chi connectivity index (χ4v) is 3.28. The second-order valence-electron chi connectivity index (χ2n) is 4.09. The number of nitrogens with zero attached hydrogens (tertiary/aromatic N) is 1. The highest BCUT2D eigenvalue weighted by Gasteiger charge is 2.14. The summed E-state index contributed by atoms with van der Waals surface area (Å²) >= 11 is 3.78. The monoisotopic (exact) mass is 258 g/mol. The van der Waals surface area contributed by atoms with Gasteiger partial charge >= 0.3 is 0 Å². The molecule has 1 N–H and O–H groups in total. The average Bonchev–Trinajstić information content (AvgIpc) is 2.74. The molecule has 4 heteroatoms. The van der Waals surface area contributed by atoms with Gasteiger partial charge in [-0.3, -0.25) is 0 Å². The van der Waals surface area contributed by atoms with Crippen molar-refractivity contribution in [3.8, 4) is 0 Å². The molecule has 0 amide bonds. The SMILES string of the molecule is CCSCCC(NC)c1nc(C(C)C)cs1. The van der Waals surface area contributed by atoms with E-state index in [1.165, 1.54) is 28.6 Å². The van der Waals surface area contributed by atoms with Crippen LogP contribution in [0.4, 0.5) is 0 Å². The first-order valence-corrected chi connectivity index (χ1v) is 7.92. The van der Waals surface area contributed by atoms with E-state index in [0.717, 1.165) is 0 Å². The molecular weight excluding hydrogens is 236 g/mol. The summed E-state index contributed by atoms with van der Waals surface area (Å²) in [5.74, 6) is 2.94. The van der Waals surface area contributed by atoms with Crippen LogP contribution in [0.25, 0.3) is 0 Å². The van der Waals surface area contributed by atoms with E-state index in [-0.39, 0.29) is 0 Å². The minimum Gasteiger partial charge on any atom is -0.311 e. The number of nitrogens with one attached hydrogen (secondary N) is 1. The number of aromatic nitrogens is 1. The Labute approximate surface area is 107 Å². The Morgan fingerprint density at radius 3 is 2.75 bits per heavy atom. The van der Waals surface area contributed by atoms with Crippen molar-refractivity contribution in [3.63, 3.8) is 0 Å². The van der Waals surface area contributed by atoms with Gasteiger partial charge in [-0.05, 0) is 30.9 Å². The van der Waals surface area contributed by atoms with Crippen molar-refractivity contribution in [2.45, 2.75) is 39.2 Å². The van der Waals surface area contributed by atoms with Gasteiger partial charge in [0.15, 0.2) is 0 Å². The summed E-state index contributed by atoms with van der Waals surface area (Å²) in [6.45, 7) is 6.60. The first-order chi connectivity index (χ1) is 7.69.